The van der Waals surface area contributed by atoms with Gasteiger partial charge in [-0.15, -0.1) is 0 Å². The molecule has 12 heavy (non-hydrogen) atoms. The molecule has 1 aromatic carbocycles. The monoisotopic (exact) mass is 210 g/mol. The van der Waals surface area contributed by atoms with Crippen molar-refractivity contribution in [3.8, 4) is 0 Å². The van der Waals surface area contributed by atoms with Crippen molar-refractivity contribution < 1.29 is 16.5 Å². The van der Waals surface area contributed by atoms with Crippen molar-refractivity contribution in [3.63, 3.8) is 0 Å². The van der Waals surface area contributed by atoms with E-state index in [1.165, 1.54) is 0 Å². The van der Waals surface area contributed by atoms with Crippen molar-refractivity contribution in [1.82, 2.24) is 0 Å². The second-order valence-electron chi connectivity index (χ2n) is 1.97. The van der Waals surface area contributed by atoms with Crippen LogP contribution in [0.25, 0.3) is 0 Å². The summed E-state index contributed by atoms with van der Waals surface area (Å²) in [6.45, 7) is 0. The molecule has 0 amide bonds. The maximum Gasteiger partial charge on any atom is 0.312 e. The molecule has 66 valence electrons. The van der Waals surface area contributed by atoms with E-state index in [9.17, 15) is 12.8 Å². The molecular weight excluding hydrogens is 207 g/mol. The molecule has 0 spiro atoms. The summed E-state index contributed by atoms with van der Waals surface area (Å²) < 4.78 is 37.7. The zero-order valence-electron chi connectivity index (χ0n) is 5.70. The second-order valence-corrected chi connectivity index (χ2v) is 3.85. The van der Waals surface area contributed by atoms with Crippen LogP contribution in [0.3, 0.4) is 0 Å². The maximum absolute atomic E-state index is 12.3. The molecule has 0 unspecified atom stereocenters. The van der Waals surface area contributed by atoms with Crippen LogP contribution in [-0.4, -0.2) is 8.42 Å². The van der Waals surface area contributed by atoms with Crippen LogP contribution >= 0.6 is 11.9 Å². The van der Waals surface area contributed by atoms with Gasteiger partial charge in [0.1, 0.15) is 5.82 Å². The zero-order valence-corrected chi connectivity index (χ0v) is 7.27. The van der Waals surface area contributed by atoms with Gasteiger partial charge in [0.25, 0.3) is 0 Å². The predicted octanol–water partition coefficient (Wildman–Crippen LogP) is 1.68. The normalized spacial score (nSPS) is 11.5. The molecule has 1 aromatic rings. The molecule has 0 bridgehead atoms. The third kappa shape index (κ3) is 1.94. The van der Waals surface area contributed by atoms with Gasteiger partial charge in [-0.25, -0.2) is 4.39 Å². The largest absolute Gasteiger partial charge is 0.312 e. The fourth-order valence-electron chi connectivity index (χ4n) is 0.638. The van der Waals surface area contributed by atoms with Crippen molar-refractivity contribution in [3.05, 3.63) is 30.1 Å². The fraction of sp³-hybridized carbons (Fsp3) is 0. The van der Waals surface area contributed by atoms with E-state index in [0.29, 0.717) is 0 Å². The Balaban J connectivity index is 3.14. The third-order valence-corrected chi connectivity index (χ3v) is 2.70. The Labute approximate surface area is 74.0 Å². The first kappa shape index (κ1) is 9.44. The van der Waals surface area contributed by atoms with Gasteiger partial charge in [0.2, 0.25) is 0 Å². The minimum atomic E-state index is -3.92. The molecule has 0 radical (unpaired) electrons. The van der Waals surface area contributed by atoms with Crippen LogP contribution in [-0.2, 0) is 13.9 Å². The number of rotatable bonds is 2. The van der Waals surface area contributed by atoms with Crippen LogP contribution in [0, 0.1) is 5.82 Å². The van der Waals surface area contributed by atoms with Gasteiger partial charge in [0.05, 0.1) is 16.8 Å². The lowest BCUT2D eigenvalue weighted by Gasteiger charge is -1.97. The highest BCUT2D eigenvalue weighted by molar-refractivity contribution is 7.87. The molecule has 0 atom stereocenters. The molecule has 0 saturated heterocycles. The zero-order chi connectivity index (χ0) is 9.19. The standard InChI is InChI=1S/C6H4ClFO3S/c7-11-12(9,10)6-3-1-5(8)2-4-6/h1-4H. The molecule has 3 nitrogen and oxygen atoms in total. The average Bonchev–Trinajstić information content (AvgIpc) is 2.05. The summed E-state index contributed by atoms with van der Waals surface area (Å²) in [6.07, 6.45) is 0. The molecule has 1 rings (SSSR count). The van der Waals surface area contributed by atoms with Gasteiger partial charge in [0, 0.05) is 0 Å². The first-order valence-corrected chi connectivity index (χ1v) is 4.59. The quantitative estimate of drug-likeness (QED) is 0.746. The topological polar surface area (TPSA) is 43.4 Å². The third-order valence-electron chi connectivity index (χ3n) is 1.19. The van der Waals surface area contributed by atoms with E-state index < -0.39 is 15.9 Å². The lowest BCUT2D eigenvalue weighted by Crippen LogP contribution is -1.99. The Morgan fingerprint density at radius 1 is 1.25 bits per heavy atom. The van der Waals surface area contributed by atoms with E-state index in [-0.39, 0.29) is 4.90 Å². The van der Waals surface area contributed by atoms with Crippen molar-refractivity contribution in [2.45, 2.75) is 4.90 Å². The van der Waals surface area contributed by atoms with Gasteiger partial charge in [-0.05, 0) is 24.3 Å². The van der Waals surface area contributed by atoms with Crippen LogP contribution in [0.15, 0.2) is 29.2 Å². The summed E-state index contributed by atoms with van der Waals surface area (Å²) in [5.74, 6) is -0.525. The lowest BCUT2D eigenvalue weighted by atomic mass is 10.4. The van der Waals surface area contributed by atoms with Crippen LogP contribution in [0.4, 0.5) is 4.39 Å². The average molecular weight is 211 g/mol. The van der Waals surface area contributed by atoms with Crippen molar-refractivity contribution in [2.24, 2.45) is 0 Å². The minimum Gasteiger partial charge on any atom is -0.207 e. The Morgan fingerprint density at radius 3 is 2.17 bits per heavy atom. The fourth-order valence-corrected chi connectivity index (χ4v) is 1.40. The van der Waals surface area contributed by atoms with Crippen LogP contribution < -0.4 is 0 Å². The number of hydrogen-bond donors (Lipinski definition) is 0. The van der Waals surface area contributed by atoms with Gasteiger partial charge in [-0.3, -0.25) is 0 Å². The molecule has 0 aromatic heterocycles. The molecule has 6 heteroatoms. The lowest BCUT2D eigenvalue weighted by molar-refractivity contribution is 0.508. The highest BCUT2D eigenvalue weighted by Gasteiger charge is 2.13. The van der Waals surface area contributed by atoms with E-state index in [1.807, 2.05) is 0 Å². The second kappa shape index (κ2) is 3.38. The molecule has 0 aliphatic heterocycles. The minimum absolute atomic E-state index is 0.182. The van der Waals surface area contributed by atoms with Crippen molar-refractivity contribution in [1.29, 1.82) is 0 Å². The first-order chi connectivity index (χ1) is 5.56. The molecule has 0 heterocycles. The Hall–Kier alpha value is -0.650. The van der Waals surface area contributed by atoms with Gasteiger partial charge in [0.15, 0.2) is 0 Å². The molecule has 0 fully saturated rings. The molecule has 0 aliphatic rings. The Kier molecular flexibility index (Phi) is 2.66. The highest BCUT2D eigenvalue weighted by atomic mass is 35.5. The van der Waals surface area contributed by atoms with E-state index in [1.54, 1.807) is 0 Å². The van der Waals surface area contributed by atoms with Gasteiger partial charge in [-0.2, -0.15) is 12.2 Å². The van der Waals surface area contributed by atoms with Gasteiger partial charge < -0.3 is 0 Å². The first-order valence-electron chi connectivity index (χ1n) is 2.87. The van der Waals surface area contributed by atoms with Crippen LogP contribution in [0.1, 0.15) is 0 Å². The summed E-state index contributed by atoms with van der Waals surface area (Å²) in [4.78, 5) is -0.182. The Morgan fingerprint density at radius 2 is 1.75 bits per heavy atom. The summed E-state index contributed by atoms with van der Waals surface area (Å²) in [5, 5.41) is 0. The van der Waals surface area contributed by atoms with Gasteiger partial charge >= 0.3 is 10.1 Å². The number of halogens is 2. The van der Waals surface area contributed by atoms with Crippen molar-refractivity contribution >= 4 is 22.0 Å². The maximum atomic E-state index is 12.3. The number of hydrogen-bond acceptors (Lipinski definition) is 3. The summed E-state index contributed by atoms with van der Waals surface area (Å²) in [7, 11) is -3.92. The summed E-state index contributed by atoms with van der Waals surface area (Å²) in [6, 6.07) is 4.13. The van der Waals surface area contributed by atoms with E-state index in [2.05, 4.69) is 15.6 Å². The SMILES string of the molecule is O=S(=O)(OCl)c1ccc(F)cc1. The van der Waals surface area contributed by atoms with Crippen LogP contribution in [0.5, 0.6) is 0 Å². The summed E-state index contributed by atoms with van der Waals surface area (Å²) in [5.41, 5.74) is 0. The van der Waals surface area contributed by atoms with Crippen LogP contribution in [0.2, 0.25) is 0 Å². The predicted molar refractivity (Wildman–Crippen MR) is 40.5 cm³/mol. The van der Waals surface area contributed by atoms with E-state index >= 15 is 0 Å². The molecular formula is C6H4ClFO3S. The molecule has 0 N–H and O–H groups in total. The van der Waals surface area contributed by atoms with Crippen molar-refractivity contribution in [2.75, 3.05) is 0 Å². The highest BCUT2D eigenvalue weighted by Crippen LogP contribution is 2.13. The van der Waals surface area contributed by atoms with Gasteiger partial charge in [-0.1, -0.05) is 0 Å². The van der Waals surface area contributed by atoms with E-state index in [0.717, 1.165) is 24.3 Å². The summed E-state index contributed by atoms with van der Waals surface area (Å²) >= 11 is 4.69. The smallest absolute Gasteiger partial charge is 0.207 e. The Bertz CT molecular complexity index is 359. The van der Waals surface area contributed by atoms with E-state index in [4.69, 9.17) is 0 Å². The molecule has 0 aliphatic carbocycles. The molecule has 0 saturated carbocycles. The number of benzene rings is 1.